The smallest absolute Gasteiger partial charge is 0.333 e. The van der Waals surface area contributed by atoms with E-state index in [0.29, 0.717) is 13.0 Å². The van der Waals surface area contributed by atoms with Crippen LogP contribution < -0.4 is 0 Å². The molecule has 2 aliphatic heterocycles. The van der Waals surface area contributed by atoms with Crippen LogP contribution in [0.1, 0.15) is 118 Å². The van der Waals surface area contributed by atoms with Gasteiger partial charge in [0.05, 0.1) is 6.61 Å². The van der Waals surface area contributed by atoms with Crippen molar-refractivity contribution in [3.05, 3.63) is 121 Å². The van der Waals surface area contributed by atoms with E-state index >= 15 is 0 Å². The Balaban J connectivity index is 2.00. The molecule has 0 bridgehead atoms. The summed E-state index contributed by atoms with van der Waals surface area (Å²) >= 11 is 0. The summed E-state index contributed by atoms with van der Waals surface area (Å²) in [6.07, 6.45) is -7.59. The van der Waals surface area contributed by atoms with Crippen molar-refractivity contribution in [2.45, 2.75) is 181 Å². The van der Waals surface area contributed by atoms with E-state index in [9.17, 15) is 33.6 Å². The van der Waals surface area contributed by atoms with Crippen LogP contribution in [-0.2, 0) is 97.0 Å². The van der Waals surface area contributed by atoms with Gasteiger partial charge in [0.2, 0.25) is 0 Å². The largest absolute Gasteiger partial charge is 0.459 e. The molecule has 0 unspecified atom stereocenters. The molecule has 78 heavy (non-hydrogen) atoms. The molecule has 2 aliphatic rings. The fraction of sp³-hybridized carbons (Fsp3) is 0.542. The zero-order chi connectivity index (χ0) is 58.1. The Morgan fingerprint density at radius 3 is 1.15 bits per heavy atom. The number of carbonyl (C=O) groups excluding carboxylic acids is 7. The summed E-state index contributed by atoms with van der Waals surface area (Å²) in [4.78, 5) is 93.4. The van der Waals surface area contributed by atoms with Crippen molar-refractivity contribution in [2.75, 3.05) is 26.4 Å². The van der Waals surface area contributed by atoms with Crippen LogP contribution in [0.2, 0.25) is 0 Å². The van der Waals surface area contributed by atoms with E-state index in [4.69, 9.17) is 56.8 Å². The lowest BCUT2D eigenvalue weighted by Gasteiger charge is -2.49. The van der Waals surface area contributed by atoms with Crippen molar-refractivity contribution in [3.63, 3.8) is 0 Å². The van der Waals surface area contributed by atoms with Gasteiger partial charge in [-0.2, -0.15) is 0 Å². The molecule has 0 radical (unpaired) electrons. The summed E-state index contributed by atoms with van der Waals surface area (Å²) in [5, 5.41) is 0. The van der Waals surface area contributed by atoms with Crippen LogP contribution >= 0.6 is 0 Å². The van der Waals surface area contributed by atoms with Crippen molar-refractivity contribution in [2.24, 2.45) is 0 Å². The van der Waals surface area contributed by atoms with Crippen molar-refractivity contribution in [1.82, 2.24) is 0 Å². The first-order valence-electron chi connectivity index (χ1n) is 26.1. The van der Waals surface area contributed by atoms with Gasteiger partial charge in [-0.15, -0.1) is 0 Å². The average Bonchev–Trinajstić information content (AvgIpc) is 3.47. The van der Waals surface area contributed by atoms with E-state index in [0.717, 1.165) is 70.0 Å². The average molecular weight is 1090 g/mol. The summed E-state index contributed by atoms with van der Waals surface area (Å²) in [5.41, 5.74) is 0.571. The van der Waals surface area contributed by atoms with Gasteiger partial charge in [-0.25, -0.2) is 33.6 Å². The normalized spacial score (nSPS) is 22.6. The monoisotopic (exact) mass is 1090 g/mol. The van der Waals surface area contributed by atoms with Gasteiger partial charge in [-0.1, -0.05) is 128 Å². The van der Waals surface area contributed by atoms with E-state index in [1.165, 1.54) is 48.5 Å². The van der Waals surface area contributed by atoms with Gasteiger partial charge < -0.3 is 56.8 Å². The van der Waals surface area contributed by atoms with Gasteiger partial charge in [0.25, 0.3) is 0 Å². The van der Waals surface area contributed by atoms with Crippen LogP contribution in [0.3, 0.4) is 0 Å². The molecule has 1 aromatic carbocycles. The summed E-state index contributed by atoms with van der Waals surface area (Å²) in [6.45, 7) is 35.1. The lowest BCUT2D eigenvalue weighted by molar-refractivity contribution is -0.360. The van der Waals surface area contributed by atoms with Crippen LogP contribution in [0, 0.1) is 0 Å². The minimum Gasteiger partial charge on any atom is -0.459 e. The number of carbonyl (C=O) groups is 7. The maximum atomic E-state index is 13.7. The Kier molecular flexibility index (Phi) is 28.4. The van der Waals surface area contributed by atoms with Gasteiger partial charge in [-0.05, 0) is 66.9 Å². The molecule has 0 saturated carbocycles. The first-order chi connectivity index (χ1) is 36.9. The lowest BCUT2D eigenvalue weighted by Crippen LogP contribution is -2.67. The van der Waals surface area contributed by atoms with E-state index < -0.39 is 116 Å². The second kappa shape index (κ2) is 33.7. The van der Waals surface area contributed by atoms with Crippen LogP contribution in [-0.4, -0.2) is 130 Å². The minimum absolute atomic E-state index is 0.00177. The molecule has 2 heterocycles. The molecular formula is C59H80O19. The topological polar surface area (TPSA) is 230 Å². The Morgan fingerprint density at radius 2 is 0.731 bits per heavy atom. The number of hydrogen-bond acceptors (Lipinski definition) is 19. The molecule has 0 aromatic heterocycles. The lowest BCUT2D eigenvalue weighted by atomic mass is 9.95. The number of hydrogen-bond donors (Lipinski definition) is 0. The molecule has 2 fully saturated rings. The van der Waals surface area contributed by atoms with E-state index in [2.05, 4.69) is 58.2 Å². The Hall–Kier alpha value is -6.51. The second-order valence-electron chi connectivity index (χ2n) is 19.6. The molecule has 2 saturated heterocycles. The SMILES string of the molecule is C=C(C)C(=O)OC[C@H]1O[C@H](O[C@H]2[C@H](OC(=O)C(=C)C)[C@@H](OC(=O)C(=C)C)[C@H](OCCCCCCCCCCCCOCc3ccccc3)O[C@@H]2COC(=O)C(=C)C)[C@H](OC(=O)C(=C)C)[C@@H](OC(=O)C(=C)C)[C@@H]1OC(=O)C(=C)C. The quantitative estimate of drug-likeness (QED) is 0.0272. The summed E-state index contributed by atoms with van der Waals surface area (Å²) < 4.78 is 72.1. The highest BCUT2D eigenvalue weighted by atomic mass is 16.8. The molecule has 1 aromatic rings. The van der Waals surface area contributed by atoms with E-state index in [-0.39, 0.29) is 45.6 Å². The molecule has 19 nitrogen and oxygen atoms in total. The number of benzene rings is 1. The van der Waals surface area contributed by atoms with Gasteiger partial charge in [0.15, 0.2) is 43.1 Å². The predicted molar refractivity (Wildman–Crippen MR) is 285 cm³/mol. The Morgan fingerprint density at radius 1 is 0.397 bits per heavy atom. The fourth-order valence-corrected chi connectivity index (χ4v) is 7.62. The van der Waals surface area contributed by atoms with Crippen molar-refractivity contribution in [3.8, 4) is 0 Å². The predicted octanol–water partition coefficient (Wildman–Crippen LogP) is 8.63. The third-order valence-electron chi connectivity index (χ3n) is 12.0. The van der Waals surface area contributed by atoms with Crippen molar-refractivity contribution in [1.29, 1.82) is 0 Å². The summed E-state index contributed by atoms with van der Waals surface area (Å²) in [6, 6.07) is 10.1. The molecule has 19 heteroatoms. The number of unbranched alkanes of at least 4 members (excludes halogenated alkanes) is 9. The standard InChI is InChI=1S/C59H80O19/c1-35(2)51(60)69-33-43-45(73-53(62)37(5)6)47(74-54(63)38(7)8)50(77-57(66)41(13)14)59(72-43)78-46-44(34-70-52(61)36(3)4)71-58(49(76-56(65)40(11)12)48(46)75-55(64)39(9)10)68-31-27-22-20-18-16-15-17-19-21-26-30-67-32-42-28-24-23-25-29-42/h23-25,28-29,43-50,58-59H,1,3,5,7,9,11,13,15-22,26-27,30-34H2,2,4,6,8,10,12,14H3/t43-,44-,45-,46-,47+,48+,49-,50-,58-,59-/m1/s1. The number of ether oxygens (including phenoxy) is 12. The fourth-order valence-electron chi connectivity index (χ4n) is 7.62. The molecule has 0 N–H and O–H groups in total. The van der Waals surface area contributed by atoms with Crippen LogP contribution in [0.4, 0.5) is 0 Å². The first-order valence-corrected chi connectivity index (χ1v) is 26.1. The van der Waals surface area contributed by atoms with E-state index in [1.54, 1.807) is 0 Å². The zero-order valence-electron chi connectivity index (χ0n) is 46.5. The molecule has 430 valence electrons. The highest BCUT2D eigenvalue weighted by Gasteiger charge is 2.58. The number of rotatable bonds is 34. The maximum Gasteiger partial charge on any atom is 0.333 e. The van der Waals surface area contributed by atoms with Crippen LogP contribution in [0.25, 0.3) is 0 Å². The van der Waals surface area contributed by atoms with Crippen LogP contribution in [0.15, 0.2) is 115 Å². The molecular weight excluding hydrogens is 1010 g/mol. The summed E-state index contributed by atoms with van der Waals surface area (Å²) in [7, 11) is 0. The molecule has 3 rings (SSSR count). The van der Waals surface area contributed by atoms with Gasteiger partial charge in [-0.3, -0.25) is 0 Å². The highest BCUT2D eigenvalue weighted by Crippen LogP contribution is 2.37. The van der Waals surface area contributed by atoms with Crippen molar-refractivity contribution < 1.29 is 90.4 Å². The van der Waals surface area contributed by atoms with E-state index in [1.807, 2.05) is 18.2 Å². The Bertz CT molecular complexity index is 2320. The zero-order valence-corrected chi connectivity index (χ0v) is 46.5. The first kappa shape index (κ1) is 65.8. The minimum atomic E-state index is -2.00. The number of esters is 7. The second-order valence-corrected chi connectivity index (χ2v) is 19.6. The van der Waals surface area contributed by atoms with Gasteiger partial charge >= 0.3 is 41.8 Å². The van der Waals surface area contributed by atoms with Crippen molar-refractivity contribution >= 4 is 41.8 Å². The Labute approximate surface area is 458 Å². The van der Waals surface area contributed by atoms with Crippen LogP contribution in [0.5, 0.6) is 0 Å². The molecule has 0 amide bonds. The summed E-state index contributed by atoms with van der Waals surface area (Å²) in [5.74, 6) is -6.86. The van der Waals surface area contributed by atoms with Gasteiger partial charge in [0, 0.05) is 52.2 Å². The third-order valence-corrected chi connectivity index (χ3v) is 12.0. The van der Waals surface area contributed by atoms with Gasteiger partial charge in [0.1, 0.15) is 31.5 Å². The third kappa shape index (κ3) is 22.1. The molecule has 0 spiro atoms. The molecule has 10 atom stereocenters. The highest BCUT2D eigenvalue weighted by molar-refractivity contribution is 5.90. The molecule has 0 aliphatic carbocycles. The maximum absolute atomic E-state index is 13.7.